The summed E-state index contributed by atoms with van der Waals surface area (Å²) in [6.45, 7) is 4.85. The lowest BCUT2D eigenvalue weighted by molar-refractivity contribution is -0.142. The molecule has 2 heterocycles. The minimum absolute atomic E-state index is 0.0358. The van der Waals surface area contributed by atoms with Gasteiger partial charge in [0.1, 0.15) is 11.5 Å². The zero-order chi connectivity index (χ0) is 49.3. The van der Waals surface area contributed by atoms with Gasteiger partial charge >= 0.3 is 30.3 Å². The van der Waals surface area contributed by atoms with Gasteiger partial charge in [-0.3, -0.25) is 9.59 Å². The molecule has 6 aromatic rings. The van der Waals surface area contributed by atoms with Crippen molar-refractivity contribution >= 4 is 45.8 Å². The minimum Gasteiger partial charge on any atom is -0.493 e. The number of hydrogen-bond donors (Lipinski definition) is 5. The molecule has 0 unspecified atom stereocenters. The third-order valence-electron chi connectivity index (χ3n) is 9.66. The number of alkyl halides is 6. The van der Waals surface area contributed by atoms with E-state index in [4.69, 9.17) is 39.6 Å². The van der Waals surface area contributed by atoms with Crippen molar-refractivity contribution in [1.29, 1.82) is 0 Å². The van der Waals surface area contributed by atoms with Crippen molar-refractivity contribution in [2.24, 2.45) is 5.73 Å². The van der Waals surface area contributed by atoms with Crippen LogP contribution in [-0.2, 0) is 47.9 Å². The lowest BCUT2D eigenvalue weighted by Gasteiger charge is -2.12. The Morgan fingerprint density at radius 3 is 1.42 bits per heavy atom. The molecule has 0 radical (unpaired) electrons. The van der Waals surface area contributed by atoms with Gasteiger partial charge in [-0.25, -0.2) is 9.59 Å². The molecule has 21 heteroatoms. The first kappa shape index (κ1) is 52.5. The summed E-state index contributed by atoms with van der Waals surface area (Å²) < 4.78 is 99.1. The van der Waals surface area contributed by atoms with Gasteiger partial charge < -0.3 is 44.9 Å². The Hall–Kier alpha value is -7.16. The summed E-state index contributed by atoms with van der Waals surface area (Å²) >= 11 is 0. The van der Waals surface area contributed by atoms with Crippen LogP contribution in [0.25, 0.3) is 21.9 Å². The number of nitrogens with one attached hydrogen (secondary N) is 1. The van der Waals surface area contributed by atoms with Gasteiger partial charge in [0.25, 0.3) is 0 Å². The smallest absolute Gasteiger partial charge is 0.437 e. The maximum Gasteiger partial charge on any atom is 0.437 e. The number of fused-ring (bicyclic) bond motifs is 2. The topological polar surface area (TPSA) is 238 Å². The van der Waals surface area contributed by atoms with E-state index in [1.54, 1.807) is 36.4 Å². The molecule has 0 saturated heterocycles. The number of aliphatic carboxylic acids is 1. The number of carboxylic acid groups (broad SMARTS) is 3. The van der Waals surface area contributed by atoms with E-state index in [1.165, 1.54) is 36.4 Å². The normalized spacial score (nSPS) is 11.3. The van der Waals surface area contributed by atoms with Crippen molar-refractivity contribution in [2.45, 2.75) is 90.7 Å². The Morgan fingerprint density at radius 1 is 0.627 bits per heavy atom. The number of hydrogen-bond acceptors (Lipinski definition) is 11. The number of carboxylic acids is 3. The molecular formula is C46H48F6N4O11. The lowest BCUT2D eigenvalue weighted by atomic mass is 10.0. The summed E-state index contributed by atoms with van der Waals surface area (Å²) in [5.74, 6) is -2.25. The standard InChI is InChI=1S/C23H23F3N2O5.C15H16F3NO4.C8H9NO2/c1-2-4-16-18(11-10-17-20(16)33-28-21(17)23(24,25)26)32-12-3-5-19(29)27-13-14-6-8-15(9-7-14)22(30)31;1-2-4-9-11(22-8-3-5-12(20)21)7-6-10-13(9)23-19-14(10)15(16,17)18;9-5-6-1-3-7(4-2-6)8(10)11/h6-11H,2-5,12-13H2,1H3,(H,27,29)(H,30,31);6-7H,2-5,8H2,1H3,(H,20,21);1-4H,5,9H2,(H,10,11). The SMILES string of the molecule is CCCc1c(OCCCC(=O)NCc2ccc(C(=O)O)cc2)ccc2c(C(F)(F)F)noc12.CCCc1c(OCCCC(=O)O)ccc2c(C(F)(F)F)noc12.NCc1ccc(C(=O)O)cc1. The van der Waals surface area contributed by atoms with Crippen LogP contribution in [0.15, 0.2) is 81.8 Å². The number of carbonyl (C=O) groups is 4. The van der Waals surface area contributed by atoms with E-state index in [0.717, 1.165) is 11.1 Å². The minimum atomic E-state index is -4.61. The number of aryl methyl sites for hydroxylation is 2. The molecule has 4 aromatic carbocycles. The summed E-state index contributed by atoms with van der Waals surface area (Å²) in [4.78, 5) is 43.7. The first-order chi connectivity index (χ1) is 31.8. The molecule has 0 saturated carbocycles. The van der Waals surface area contributed by atoms with Gasteiger partial charge in [-0.15, -0.1) is 0 Å². The average Bonchev–Trinajstić information content (AvgIpc) is 3.94. The quantitative estimate of drug-likeness (QED) is 0.0375. The summed E-state index contributed by atoms with van der Waals surface area (Å²) in [7, 11) is 0. The highest BCUT2D eigenvalue weighted by Crippen LogP contribution is 2.39. The number of aromatic carboxylic acids is 2. The second kappa shape index (κ2) is 24.4. The molecule has 360 valence electrons. The molecule has 15 nitrogen and oxygen atoms in total. The van der Waals surface area contributed by atoms with Crippen LogP contribution in [0.4, 0.5) is 26.3 Å². The molecule has 2 aromatic heterocycles. The largest absolute Gasteiger partial charge is 0.493 e. The Labute approximate surface area is 378 Å². The fourth-order valence-electron chi connectivity index (χ4n) is 6.39. The monoisotopic (exact) mass is 946 g/mol. The highest BCUT2D eigenvalue weighted by atomic mass is 19.4. The zero-order valence-electron chi connectivity index (χ0n) is 36.3. The molecule has 0 spiro atoms. The number of rotatable bonds is 19. The summed E-state index contributed by atoms with van der Waals surface area (Å²) in [5.41, 5.74) is 6.55. The Balaban J connectivity index is 0.000000248. The van der Waals surface area contributed by atoms with Crippen LogP contribution in [0.3, 0.4) is 0 Å². The molecule has 6 N–H and O–H groups in total. The third kappa shape index (κ3) is 15.2. The Kier molecular flexibility index (Phi) is 19.1. The van der Waals surface area contributed by atoms with Crippen molar-refractivity contribution < 1.29 is 79.4 Å². The third-order valence-corrected chi connectivity index (χ3v) is 9.66. The molecular weight excluding hydrogens is 899 g/mol. The van der Waals surface area contributed by atoms with Gasteiger partial charge in [-0.1, -0.05) is 61.3 Å². The first-order valence-corrected chi connectivity index (χ1v) is 20.8. The van der Waals surface area contributed by atoms with Crippen LogP contribution in [0.1, 0.15) is 107 Å². The van der Waals surface area contributed by atoms with E-state index >= 15 is 0 Å². The van der Waals surface area contributed by atoms with Gasteiger partial charge in [0.2, 0.25) is 5.91 Å². The first-order valence-electron chi connectivity index (χ1n) is 20.8. The van der Waals surface area contributed by atoms with E-state index < -0.39 is 41.6 Å². The Morgan fingerprint density at radius 2 is 1.04 bits per heavy atom. The van der Waals surface area contributed by atoms with E-state index in [2.05, 4.69) is 15.6 Å². The molecule has 0 aliphatic rings. The maximum atomic E-state index is 13.1. The van der Waals surface area contributed by atoms with Crippen molar-refractivity contribution in [3.05, 3.63) is 118 Å². The highest BCUT2D eigenvalue weighted by molar-refractivity contribution is 5.88. The summed E-state index contributed by atoms with van der Waals surface area (Å²) in [6.07, 6.45) is -6.04. The molecule has 0 fully saturated rings. The van der Waals surface area contributed by atoms with E-state index in [9.17, 15) is 45.5 Å². The number of carbonyl (C=O) groups excluding carboxylic acids is 1. The lowest BCUT2D eigenvalue weighted by Crippen LogP contribution is -2.23. The molecule has 0 aliphatic carbocycles. The van der Waals surface area contributed by atoms with Gasteiger partial charge in [-0.05, 0) is 85.3 Å². The molecule has 0 atom stereocenters. The molecule has 0 aliphatic heterocycles. The number of amides is 1. The van der Waals surface area contributed by atoms with Crippen LogP contribution >= 0.6 is 0 Å². The summed E-state index contributed by atoms with van der Waals surface area (Å²) in [6, 6.07) is 18.2. The zero-order valence-corrected chi connectivity index (χ0v) is 36.3. The van der Waals surface area contributed by atoms with Crippen LogP contribution in [0.2, 0.25) is 0 Å². The average molecular weight is 947 g/mol. The number of nitrogens with two attached hydrogens (primary N) is 1. The van der Waals surface area contributed by atoms with Crippen LogP contribution in [-0.4, -0.2) is 62.7 Å². The molecule has 0 bridgehead atoms. The number of ether oxygens (including phenoxy) is 2. The van der Waals surface area contributed by atoms with Crippen molar-refractivity contribution in [3.63, 3.8) is 0 Å². The second-order valence-electron chi connectivity index (χ2n) is 14.7. The van der Waals surface area contributed by atoms with Gasteiger partial charge in [0.05, 0.1) is 35.1 Å². The van der Waals surface area contributed by atoms with E-state index in [-0.39, 0.29) is 66.0 Å². The molecule has 67 heavy (non-hydrogen) atoms. The van der Waals surface area contributed by atoms with Crippen LogP contribution < -0.4 is 20.5 Å². The van der Waals surface area contributed by atoms with Crippen molar-refractivity contribution in [2.75, 3.05) is 13.2 Å². The van der Waals surface area contributed by atoms with Crippen LogP contribution in [0.5, 0.6) is 11.5 Å². The van der Waals surface area contributed by atoms with Crippen molar-refractivity contribution in [3.8, 4) is 11.5 Å². The fourth-order valence-corrected chi connectivity index (χ4v) is 6.39. The fraction of sp³-hybridized carbons (Fsp3) is 0.348. The van der Waals surface area contributed by atoms with E-state index in [1.807, 2.05) is 13.8 Å². The number of benzene rings is 4. The van der Waals surface area contributed by atoms with Crippen LogP contribution in [0, 0.1) is 0 Å². The predicted molar refractivity (Wildman–Crippen MR) is 230 cm³/mol. The predicted octanol–water partition coefficient (Wildman–Crippen LogP) is 9.86. The number of halogens is 6. The van der Waals surface area contributed by atoms with Gasteiger partial charge in [0, 0.05) is 37.1 Å². The summed E-state index contributed by atoms with van der Waals surface area (Å²) in [5, 5.41) is 34.9. The van der Waals surface area contributed by atoms with Gasteiger partial charge in [-0.2, -0.15) is 26.3 Å². The second-order valence-corrected chi connectivity index (χ2v) is 14.7. The van der Waals surface area contributed by atoms with Gasteiger partial charge in [0.15, 0.2) is 22.6 Å². The number of nitrogens with zero attached hydrogens (tertiary/aromatic N) is 2. The maximum absolute atomic E-state index is 13.1. The van der Waals surface area contributed by atoms with E-state index in [0.29, 0.717) is 73.3 Å². The van der Waals surface area contributed by atoms with Crippen molar-refractivity contribution in [1.82, 2.24) is 15.6 Å². The highest BCUT2D eigenvalue weighted by Gasteiger charge is 2.39. The molecule has 1 amide bonds. The number of aromatic nitrogens is 2. The Bertz CT molecular complexity index is 2590. The molecule has 6 rings (SSSR count).